The average Bonchev–Trinajstić information content (AvgIpc) is 2.80. The fraction of sp³-hybridized carbons (Fsp3) is 0.296. The molecular formula is C27H32N2O6S. The molecule has 3 aromatic carbocycles. The largest absolute Gasteiger partial charge is 0.494 e. The van der Waals surface area contributed by atoms with E-state index in [0.717, 1.165) is 12.8 Å². The van der Waals surface area contributed by atoms with Crippen molar-refractivity contribution in [2.45, 2.75) is 51.0 Å². The number of unbranched alkanes of at least 4 members (excludes halogenated alkanes) is 1. The maximum absolute atomic E-state index is 12.7. The second-order valence-electron chi connectivity index (χ2n) is 9.06. The first-order chi connectivity index (χ1) is 17.0. The summed E-state index contributed by atoms with van der Waals surface area (Å²) in [6.07, 6.45) is 1.41. The minimum absolute atomic E-state index is 0.139. The highest BCUT2D eigenvalue weighted by Gasteiger charge is 2.17. The molecule has 36 heavy (non-hydrogen) atoms. The standard InChI is InChI=1S/C27H32N2O6S/c1-5-6-18-33-22-14-16-25(17-15-22)36(31,32)29-20-10-12-23(13-11-20)34-24-9-7-8-21(19-24)28-26(30)35-27(2,3)4/h7-17,19,29H,5-6,18H2,1-4H3,(H,28,30). The van der Waals surface area contributed by atoms with Gasteiger partial charge in [0.05, 0.1) is 11.5 Å². The first kappa shape index (κ1) is 26.9. The van der Waals surface area contributed by atoms with Crippen LogP contribution in [0.15, 0.2) is 77.7 Å². The first-order valence-corrected chi connectivity index (χ1v) is 13.2. The molecule has 0 fully saturated rings. The highest BCUT2D eigenvalue weighted by atomic mass is 32.2. The van der Waals surface area contributed by atoms with Gasteiger partial charge in [0.15, 0.2) is 0 Å². The van der Waals surface area contributed by atoms with Crippen LogP contribution in [0.4, 0.5) is 16.2 Å². The number of hydrogen-bond acceptors (Lipinski definition) is 6. The molecule has 0 spiro atoms. The van der Waals surface area contributed by atoms with Crippen LogP contribution in [0.2, 0.25) is 0 Å². The second kappa shape index (κ2) is 11.8. The molecule has 0 radical (unpaired) electrons. The molecule has 192 valence electrons. The molecule has 8 nitrogen and oxygen atoms in total. The number of carbonyl (C=O) groups is 1. The van der Waals surface area contributed by atoms with Gasteiger partial charge in [-0.2, -0.15) is 0 Å². The second-order valence-corrected chi connectivity index (χ2v) is 10.7. The molecule has 0 heterocycles. The molecule has 0 aliphatic rings. The van der Waals surface area contributed by atoms with Crippen LogP contribution in [-0.2, 0) is 14.8 Å². The Morgan fingerprint density at radius 2 is 1.53 bits per heavy atom. The minimum Gasteiger partial charge on any atom is -0.494 e. The number of carbonyl (C=O) groups excluding carboxylic acids is 1. The smallest absolute Gasteiger partial charge is 0.412 e. The summed E-state index contributed by atoms with van der Waals surface area (Å²) in [6, 6.07) is 19.7. The van der Waals surface area contributed by atoms with Crippen LogP contribution in [0.1, 0.15) is 40.5 Å². The lowest BCUT2D eigenvalue weighted by molar-refractivity contribution is 0.0636. The lowest BCUT2D eigenvalue weighted by Crippen LogP contribution is -2.27. The molecule has 0 aliphatic heterocycles. The highest BCUT2D eigenvalue weighted by Crippen LogP contribution is 2.27. The summed E-state index contributed by atoms with van der Waals surface area (Å²) in [5, 5.41) is 2.67. The van der Waals surface area contributed by atoms with E-state index in [4.69, 9.17) is 14.2 Å². The van der Waals surface area contributed by atoms with Gasteiger partial charge in [-0.25, -0.2) is 13.2 Å². The zero-order valence-corrected chi connectivity index (χ0v) is 21.7. The molecule has 9 heteroatoms. The average molecular weight is 513 g/mol. The number of ether oxygens (including phenoxy) is 3. The molecule has 0 bridgehead atoms. The summed E-state index contributed by atoms with van der Waals surface area (Å²) in [6.45, 7) is 8.04. The van der Waals surface area contributed by atoms with E-state index in [-0.39, 0.29) is 4.90 Å². The maximum atomic E-state index is 12.7. The number of benzene rings is 3. The van der Waals surface area contributed by atoms with Crippen LogP contribution >= 0.6 is 0 Å². The van der Waals surface area contributed by atoms with Crippen LogP contribution in [0.25, 0.3) is 0 Å². The predicted octanol–water partition coefficient (Wildman–Crippen LogP) is 6.81. The van der Waals surface area contributed by atoms with E-state index in [1.807, 2.05) is 0 Å². The zero-order valence-electron chi connectivity index (χ0n) is 20.9. The van der Waals surface area contributed by atoms with E-state index in [1.54, 1.807) is 81.4 Å². The quantitative estimate of drug-likeness (QED) is 0.289. The van der Waals surface area contributed by atoms with Gasteiger partial charge in [0.1, 0.15) is 22.8 Å². The number of amides is 1. The summed E-state index contributed by atoms with van der Waals surface area (Å²) in [5.74, 6) is 1.63. The van der Waals surface area contributed by atoms with Crippen molar-refractivity contribution >= 4 is 27.5 Å². The van der Waals surface area contributed by atoms with Gasteiger partial charge in [0.25, 0.3) is 10.0 Å². The van der Waals surface area contributed by atoms with Gasteiger partial charge in [-0.1, -0.05) is 19.4 Å². The van der Waals surface area contributed by atoms with Crippen molar-refractivity contribution in [3.8, 4) is 17.2 Å². The first-order valence-electron chi connectivity index (χ1n) is 11.7. The monoisotopic (exact) mass is 512 g/mol. The number of rotatable bonds is 10. The van der Waals surface area contributed by atoms with Crippen LogP contribution < -0.4 is 19.5 Å². The van der Waals surface area contributed by atoms with Crippen molar-refractivity contribution in [2.24, 2.45) is 0 Å². The molecule has 3 aromatic rings. The van der Waals surface area contributed by atoms with Crippen LogP contribution in [0.3, 0.4) is 0 Å². The van der Waals surface area contributed by atoms with E-state index in [2.05, 4.69) is 17.0 Å². The predicted molar refractivity (Wildman–Crippen MR) is 140 cm³/mol. The van der Waals surface area contributed by atoms with E-state index >= 15 is 0 Å². The van der Waals surface area contributed by atoms with Crippen molar-refractivity contribution < 1.29 is 27.4 Å². The van der Waals surface area contributed by atoms with Gasteiger partial charge in [-0.05, 0) is 87.9 Å². The Morgan fingerprint density at radius 3 is 2.17 bits per heavy atom. The third kappa shape index (κ3) is 8.49. The molecule has 3 rings (SSSR count). The molecule has 2 N–H and O–H groups in total. The summed E-state index contributed by atoms with van der Waals surface area (Å²) in [7, 11) is -3.76. The van der Waals surface area contributed by atoms with Crippen molar-refractivity contribution in [3.63, 3.8) is 0 Å². The van der Waals surface area contributed by atoms with Crippen LogP contribution in [0.5, 0.6) is 17.2 Å². The lowest BCUT2D eigenvalue weighted by atomic mass is 10.2. The Hall–Kier alpha value is -3.72. The number of anilines is 2. The Labute approximate surface area is 212 Å². The molecule has 0 atom stereocenters. The highest BCUT2D eigenvalue weighted by molar-refractivity contribution is 7.92. The van der Waals surface area contributed by atoms with Gasteiger partial charge in [-0.3, -0.25) is 10.0 Å². The van der Waals surface area contributed by atoms with E-state index < -0.39 is 21.7 Å². The van der Waals surface area contributed by atoms with E-state index in [1.165, 1.54) is 12.1 Å². The molecule has 1 amide bonds. The summed E-state index contributed by atoms with van der Waals surface area (Å²) >= 11 is 0. The zero-order chi connectivity index (χ0) is 26.2. The Balaban J connectivity index is 1.60. The van der Waals surface area contributed by atoms with Gasteiger partial charge in [-0.15, -0.1) is 0 Å². The SMILES string of the molecule is CCCCOc1ccc(S(=O)(=O)Nc2ccc(Oc3cccc(NC(=O)OC(C)(C)C)c3)cc2)cc1. The molecular weight excluding hydrogens is 480 g/mol. The Kier molecular flexibility index (Phi) is 8.82. The lowest BCUT2D eigenvalue weighted by Gasteiger charge is -2.19. The molecule has 0 saturated heterocycles. The number of nitrogens with one attached hydrogen (secondary N) is 2. The van der Waals surface area contributed by atoms with Gasteiger partial charge in [0, 0.05) is 17.4 Å². The van der Waals surface area contributed by atoms with Gasteiger partial charge in [0.2, 0.25) is 0 Å². The minimum atomic E-state index is -3.76. The van der Waals surface area contributed by atoms with Crippen LogP contribution in [-0.4, -0.2) is 26.7 Å². The molecule has 0 aromatic heterocycles. The van der Waals surface area contributed by atoms with Crippen molar-refractivity contribution in [1.29, 1.82) is 0 Å². The van der Waals surface area contributed by atoms with Crippen molar-refractivity contribution in [2.75, 3.05) is 16.6 Å². The van der Waals surface area contributed by atoms with E-state index in [9.17, 15) is 13.2 Å². The molecule has 0 unspecified atom stereocenters. The van der Waals surface area contributed by atoms with Gasteiger partial charge < -0.3 is 14.2 Å². The van der Waals surface area contributed by atoms with Crippen LogP contribution in [0, 0.1) is 0 Å². The maximum Gasteiger partial charge on any atom is 0.412 e. The number of hydrogen-bond donors (Lipinski definition) is 2. The normalized spacial score (nSPS) is 11.4. The molecule has 0 saturated carbocycles. The van der Waals surface area contributed by atoms with E-state index in [0.29, 0.717) is 35.2 Å². The topological polar surface area (TPSA) is 103 Å². The number of sulfonamides is 1. The van der Waals surface area contributed by atoms with Crippen molar-refractivity contribution in [3.05, 3.63) is 72.8 Å². The molecule has 0 aliphatic carbocycles. The van der Waals surface area contributed by atoms with Gasteiger partial charge >= 0.3 is 6.09 Å². The summed E-state index contributed by atoms with van der Waals surface area (Å²) in [5.41, 5.74) is 0.312. The third-order valence-electron chi connectivity index (χ3n) is 4.72. The Morgan fingerprint density at radius 1 is 0.861 bits per heavy atom. The Bertz CT molecular complexity index is 1250. The summed E-state index contributed by atoms with van der Waals surface area (Å²) < 4.78 is 44.7. The summed E-state index contributed by atoms with van der Waals surface area (Å²) in [4.78, 5) is 12.1. The fourth-order valence-corrected chi connectivity index (χ4v) is 4.11. The van der Waals surface area contributed by atoms with Crippen molar-refractivity contribution in [1.82, 2.24) is 0 Å². The third-order valence-corrected chi connectivity index (χ3v) is 6.12. The fourth-order valence-electron chi connectivity index (χ4n) is 3.05.